The number of hydrogen-bond donors (Lipinski definition) is 1. The van der Waals surface area contributed by atoms with E-state index in [-0.39, 0.29) is 12.3 Å². The maximum atomic E-state index is 12.3. The number of rotatable bonds is 7. The molecule has 5 nitrogen and oxygen atoms in total. The third kappa shape index (κ3) is 4.68. The van der Waals surface area contributed by atoms with E-state index in [0.717, 1.165) is 44.1 Å². The minimum absolute atomic E-state index is 0.177. The summed E-state index contributed by atoms with van der Waals surface area (Å²) in [6, 6.07) is 23.4. The minimum atomic E-state index is -0.177. The van der Waals surface area contributed by atoms with Gasteiger partial charge in [0.1, 0.15) is 5.75 Å². The van der Waals surface area contributed by atoms with Crippen LogP contribution < -0.4 is 10.2 Å². The van der Waals surface area contributed by atoms with Crippen LogP contribution >= 0.6 is 11.6 Å². The molecule has 0 fully saturated rings. The summed E-state index contributed by atoms with van der Waals surface area (Å²) in [7, 11) is 1.61. The zero-order valence-corrected chi connectivity index (χ0v) is 18.8. The Labute approximate surface area is 192 Å². The zero-order valence-electron chi connectivity index (χ0n) is 18.0. The topological polar surface area (TPSA) is 55.6 Å². The second-order valence-electron chi connectivity index (χ2n) is 7.51. The Morgan fingerprint density at radius 2 is 1.78 bits per heavy atom. The van der Waals surface area contributed by atoms with E-state index < -0.39 is 0 Å². The van der Waals surface area contributed by atoms with E-state index in [9.17, 15) is 4.79 Å². The number of para-hydroxylation sites is 1. The van der Waals surface area contributed by atoms with Crippen molar-refractivity contribution in [3.05, 3.63) is 100 Å². The number of hydrazone groups is 1. The van der Waals surface area contributed by atoms with E-state index in [1.807, 2.05) is 60.7 Å². The van der Waals surface area contributed by atoms with E-state index >= 15 is 0 Å². The van der Waals surface area contributed by atoms with Crippen molar-refractivity contribution in [2.24, 2.45) is 5.10 Å². The fourth-order valence-corrected chi connectivity index (χ4v) is 3.95. The standard InChI is InChI=1S/C26H24ClN3O2/c1-18-23(16-28-29-26(31)15-19-11-13-21(32-2)14-12-19)22-8-4-6-10-25(22)30(18)17-20-7-3-5-9-24(20)27/h3-14,16H,15,17H2,1-2H3,(H,29,31)/b28-16-. The van der Waals surface area contributed by atoms with Crippen LogP contribution in [0.1, 0.15) is 22.4 Å². The lowest BCUT2D eigenvalue weighted by atomic mass is 10.1. The molecule has 1 amide bonds. The molecule has 162 valence electrons. The van der Waals surface area contributed by atoms with Crippen LogP contribution in [0.4, 0.5) is 0 Å². The fraction of sp³-hybridized carbons (Fsp3) is 0.154. The molecule has 0 aliphatic heterocycles. The van der Waals surface area contributed by atoms with Crippen molar-refractivity contribution >= 4 is 34.6 Å². The van der Waals surface area contributed by atoms with E-state index in [1.54, 1.807) is 13.3 Å². The molecule has 0 atom stereocenters. The van der Waals surface area contributed by atoms with Crippen LogP contribution in [-0.2, 0) is 17.8 Å². The summed E-state index contributed by atoms with van der Waals surface area (Å²) in [6.07, 6.45) is 1.96. The number of carbonyl (C=O) groups is 1. The number of aromatic nitrogens is 1. The molecule has 32 heavy (non-hydrogen) atoms. The first-order chi connectivity index (χ1) is 15.6. The SMILES string of the molecule is COc1ccc(CC(=O)N/N=C\c2c(C)n(Cc3ccccc3Cl)c3ccccc23)cc1. The lowest BCUT2D eigenvalue weighted by molar-refractivity contribution is -0.120. The second kappa shape index (κ2) is 9.71. The van der Waals surface area contributed by atoms with Crippen molar-refractivity contribution in [1.82, 2.24) is 9.99 Å². The number of halogens is 1. The number of fused-ring (bicyclic) bond motifs is 1. The smallest absolute Gasteiger partial charge is 0.244 e. The van der Waals surface area contributed by atoms with Gasteiger partial charge in [-0.25, -0.2) is 5.43 Å². The molecular weight excluding hydrogens is 422 g/mol. The van der Waals surface area contributed by atoms with Crippen molar-refractivity contribution in [3.63, 3.8) is 0 Å². The van der Waals surface area contributed by atoms with Crippen LogP contribution in [0.3, 0.4) is 0 Å². The van der Waals surface area contributed by atoms with Crippen molar-refractivity contribution in [2.45, 2.75) is 19.9 Å². The molecule has 0 unspecified atom stereocenters. The first kappa shape index (κ1) is 21.7. The van der Waals surface area contributed by atoms with Crippen LogP contribution in [0.2, 0.25) is 5.02 Å². The highest BCUT2D eigenvalue weighted by Crippen LogP contribution is 2.27. The summed E-state index contributed by atoms with van der Waals surface area (Å²) in [5, 5.41) is 6.05. The Morgan fingerprint density at radius 3 is 2.53 bits per heavy atom. The number of carbonyl (C=O) groups excluding carboxylic acids is 1. The summed E-state index contributed by atoms with van der Waals surface area (Å²) >= 11 is 6.39. The average molecular weight is 446 g/mol. The number of nitrogens with one attached hydrogen (secondary N) is 1. The van der Waals surface area contributed by atoms with E-state index in [1.165, 1.54) is 0 Å². The van der Waals surface area contributed by atoms with Gasteiger partial charge in [-0.1, -0.05) is 60.1 Å². The summed E-state index contributed by atoms with van der Waals surface area (Å²) in [4.78, 5) is 12.3. The molecular formula is C26H24ClN3O2. The second-order valence-corrected chi connectivity index (χ2v) is 7.92. The van der Waals surface area contributed by atoms with Gasteiger partial charge in [-0.2, -0.15) is 5.10 Å². The Bertz CT molecular complexity index is 1280. The molecule has 6 heteroatoms. The fourth-order valence-electron chi connectivity index (χ4n) is 3.76. The Kier molecular flexibility index (Phi) is 6.57. The molecule has 1 aromatic heterocycles. The van der Waals surface area contributed by atoms with Crippen molar-refractivity contribution in [1.29, 1.82) is 0 Å². The molecule has 1 heterocycles. The van der Waals surface area contributed by atoms with Crippen LogP contribution in [-0.4, -0.2) is 23.8 Å². The highest BCUT2D eigenvalue weighted by molar-refractivity contribution is 6.31. The van der Waals surface area contributed by atoms with Gasteiger partial charge >= 0.3 is 0 Å². The van der Waals surface area contributed by atoms with Gasteiger partial charge in [0.2, 0.25) is 5.91 Å². The number of nitrogens with zero attached hydrogens (tertiary/aromatic N) is 2. The van der Waals surface area contributed by atoms with Gasteiger partial charge < -0.3 is 9.30 Å². The third-order valence-corrected chi connectivity index (χ3v) is 5.84. The van der Waals surface area contributed by atoms with Gasteiger partial charge in [-0.3, -0.25) is 4.79 Å². The molecule has 0 aliphatic rings. The molecule has 1 N–H and O–H groups in total. The van der Waals surface area contributed by atoms with E-state index in [4.69, 9.17) is 16.3 Å². The van der Waals surface area contributed by atoms with Gasteiger partial charge in [-0.15, -0.1) is 0 Å². The Morgan fingerprint density at radius 1 is 1.06 bits per heavy atom. The summed E-state index contributed by atoms with van der Waals surface area (Å²) < 4.78 is 7.37. The molecule has 0 bridgehead atoms. The van der Waals surface area contributed by atoms with Crippen LogP contribution in [0.15, 0.2) is 77.9 Å². The first-order valence-corrected chi connectivity index (χ1v) is 10.7. The normalized spacial score (nSPS) is 11.2. The highest BCUT2D eigenvalue weighted by atomic mass is 35.5. The molecule has 4 rings (SSSR count). The molecule has 0 saturated carbocycles. The number of amides is 1. The van der Waals surface area contributed by atoms with Gasteiger partial charge in [0.15, 0.2) is 0 Å². The van der Waals surface area contributed by atoms with Crippen LogP contribution in [0.25, 0.3) is 10.9 Å². The van der Waals surface area contributed by atoms with Crippen molar-refractivity contribution in [2.75, 3.05) is 7.11 Å². The quantitative estimate of drug-likeness (QED) is 0.308. The number of methoxy groups -OCH3 is 1. The Hall–Kier alpha value is -3.57. The van der Waals surface area contributed by atoms with E-state index in [2.05, 4.69) is 34.2 Å². The number of benzene rings is 3. The third-order valence-electron chi connectivity index (χ3n) is 5.47. The van der Waals surface area contributed by atoms with Gasteiger partial charge in [0.05, 0.1) is 19.7 Å². The Balaban J connectivity index is 1.53. The molecule has 4 aromatic rings. The molecule has 0 saturated heterocycles. The largest absolute Gasteiger partial charge is 0.497 e. The molecule has 3 aromatic carbocycles. The van der Waals surface area contributed by atoms with E-state index in [0.29, 0.717) is 6.54 Å². The molecule has 0 radical (unpaired) electrons. The lowest BCUT2D eigenvalue weighted by Gasteiger charge is -2.10. The molecule has 0 spiro atoms. The zero-order chi connectivity index (χ0) is 22.5. The number of ether oxygens (including phenoxy) is 1. The van der Waals surface area contributed by atoms with Crippen LogP contribution in [0, 0.1) is 6.92 Å². The minimum Gasteiger partial charge on any atom is -0.497 e. The summed E-state index contributed by atoms with van der Waals surface area (Å²) in [5.74, 6) is 0.583. The predicted octanol–water partition coefficient (Wildman–Crippen LogP) is 5.35. The molecule has 0 aliphatic carbocycles. The van der Waals surface area contributed by atoms with Crippen molar-refractivity contribution in [3.8, 4) is 5.75 Å². The predicted molar refractivity (Wildman–Crippen MR) is 130 cm³/mol. The van der Waals surface area contributed by atoms with Crippen molar-refractivity contribution < 1.29 is 9.53 Å². The van der Waals surface area contributed by atoms with Crippen LogP contribution in [0.5, 0.6) is 5.75 Å². The average Bonchev–Trinajstić information content (AvgIpc) is 3.07. The van der Waals surface area contributed by atoms with Gasteiger partial charge in [-0.05, 0) is 42.3 Å². The lowest BCUT2D eigenvalue weighted by Crippen LogP contribution is -2.19. The maximum Gasteiger partial charge on any atom is 0.244 e. The van der Waals surface area contributed by atoms with Gasteiger partial charge in [0, 0.05) is 33.7 Å². The first-order valence-electron chi connectivity index (χ1n) is 10.3. The number of hydrogen-bond acceptors (Lipinski definition) is 3. The highest BCUT2D eigenvalue weighted by Gasteiger charge is 2.14. The summed E-state index contributed by atoms with van der Waals surface area (Å²) in [5.41, 5.74) is 7.70. The van der Waals surface area contributed by atoms with Gasteiger partial charge in [0.25, 0.3) is 0 Å². The maximum absolute atomic E-state index is 12.3. The monoisotopic (exact) mass is 445 g/mol. The summed E-state index contributed by atoms with van der Waals surface area (Å²) in [6.45, 7) is 2.71.